The molecule has 0 aliphatic heterocycles. The number of hydrogen-bond acceptors (Lipinski definition) is 5. The second-order valence-corrected chi connectivity index (χ2v) is 7.42. The summed E-state index contributed by atoms with van der Waals surface area (Å²) in [7, 11) is -1.06. The monoisotopic (exact) mass is 332 g/mol. The van der Waals surface area contributed by atoms with Crippen LogP contribution >= 0.6 is 11.3 Å². The zero-order valence-corrected chi connectivity index (χ0v) is 14.0. The van der Waals surface area contributed by atoms with Crippen LogP contribution in [0, 0.1) is 13.8 Å². The molecule has 0 radical (unpaired) electrons. The molecule has 0 saturated heterocycles. The van der Waals surface area contributed by atoms with Crippen molar-refractivity contribution in [3.63, 3.8) is 0 Å². The minimum Gasteiger partial charge on any atom is -0.334 e. The summed E-state index contributed by atoms with van der Waals surface area (Å²) in [4.78, 5) is 4.31. The van der Waals surface area contributed by atoms with Gasteiger partial charge in [-0.25, -0.2) is 0 Å². The Balaban J connectivity index is 1.68. The van der Waals surface area contributed by atoms with Gasteiger partial charge in [-0.05, 0) is 36.4 Å². The predicted molar refractivity (Wildman–Crippen MR) is 89.1 cm³/mol. The summed E-state index contributed by atoms with van der Waals surface area (Å²) in [5.74, 6) is 1.79. The Hall–Kier alpha value is -1.79. The molecule has 4 nitrogen and oxygen atoms in total. The number of benzene rings is 1. The highest BCUT2D eigenvalue weighted by Gasteiger charge is 2.13. The van der Waals surface area contributed by atoms with E-state index in [1.54, 1.807) is 11.3 Å². The average Bonchev–Trinajstić information content (AvgIpc) is 3.13. The first-order chi connectivity index (χ1) is 10.6. The minimum atomic E-state index is -1.06. The lowest BCUT2D eigenvalue weighted by molar-refractivity contribution is 0.425. The normalized spacial score (nSPS) is 12.5. The van der Waals surface area contributed by atoms with Crippen LogP contribution < -0.4 is 0 Å². The summed E-state index contributed by atoms with van der Waals surface area (Å²) in [5.41, 5.74) is 4.35. The molecule has 6 heteroatoms. The molecule has 2 heterocycles. The summed E-state index contributed by atoms with van der Waals surface area (Å²) >= 11 is 1.57. The van der Waals surface area contributed by atoms with Crippen LogP contribution in [0.2, 0.25) is 0 Å². The van der Waals surface area contributed by atoms with E-state index in [0.29, 0.717) is 23.2 Å². The van der Waals surface area contributed by atoms with E-state index in [0.717, 1.165) is 16.7 Å². The van der Waals surface area contributed by atoms with E-state index in [4.69, 9.17) is 4.52 Å². The lowest BCUT2D eigenvalue weighted by Crippen LogP contribution is -2.02. The fourth-order valence-electron chi connectivity index (χ4n) is 2.14. The molecule has 0 amide bonds. The van der Waals surface area contributed by atoms with E-state index in [-0.39, 0.29) is 0 Å². The maximum atomic E-state index is 12.3. The molecule has 3 rings (SSSR count). The van der Waals surface area contributed by atoms with Gasteiger partial charge in [-0.15, -0.1) is 0 Å². The number of aromatic nitrogens is 2. The van der Waals surface area contributed by atoms with Crippen LogP contribution in [0.1, 0.15) is 22.5 Å². The van der Waals surface area contributed by atoms with Crippen molar-refractivity contribution in [3.05, 3.63) is 57.5 Å². The summed E-state index contributed by atoms with van der Waals surface area (Å²) in [5, 5.41) is 7.82. The van der Waals surface area contributed by atoms with Crippen LogP contribution in [-0.2, 0) is 22.3 Å². The fourth-order valence-corrected chi connectivity index (χ4v) is 3.94. The molecule has 0 aliphatic rings. The molecule has 1 atom stereocenters. The Labute approximate surface area is 135 Å². The first-order valence-electron chi connectivity index (χ1n) is 6.88. The molecule has 1 aromatic carbocycles. The summed E-state index contributed by atoms with van der Waals surface area (Å²) in [6, 6.07) is 8.13. The lowest BCUT2D eigenvalue weighted by atomic mass is 10.1. The lowest BCUT2D eigenvalue weighted by Gasteiger charge is -2.06. The van der Waals surface area contributed by atoms with E-state index < -0.39 is 10.8 Å². The topological polar surface area (TPSA) is 56.0 Å². The molecule has 114 valence electrons. The van der Waals surface area contributed by atoms with Crippen molar-refractivity contribution in [1.82, 2.24) is 10.1 Å². The number of rotatable bonds is 5. The van der Waals surface area contributed by atoms with Crippen molar-refractivity contribution in [2.75, 3.05) is 0 Å². The van der Waals surface area contributed by atoms with Gasteiger partial charge in [0.2, 0.25) is 0 Å². The van der Waals surface area contributed by atoms with Gasteiger partial charge in [-0.1, -0.05) is 28.9 Å². The maximum Gasteiger partial charge on any atom is 0.258 e. The zero-order valence-electron chi connectivity index (χ0n) is 12.4. The Morgan fingerprint density at radius 2 is 2.09 bits per heavy atom. The number of hydrogen-bond donors (Lipinski definition) is 0. The van der Waals surface area contributed by atoms with Gasteiger partial charge in [0, 0.05) is 21.9 Å². The van der Waals surface area contributed by atoms with Crippen molar-refractivity contribution in [2.45, 2.75) is 25.4 Å². The summed E-state index contributed by atoms with van der Waals surface area (Å²) in [6.45, 7) is 4.08. The maximum absolute atomic E-state index is 12.3. The smallest absolute Gasteiger partial charge is 0.258 e. The molecular weight excluding hydrogens is 316 g/mol. The first-order valence-corrected chi connectivity index (χ1v) is 9.31. The van der Waals surface area contributed by atoms with Crippen LogP contribution in [0.5, 0.6) is 0 Å². The zero-order chi connectivity index (χ0) is 15.5. The van der Waals surface area contributed by atoms with Gasteiger partial charge < -0.3 is 4.52 Å². The van der Waals surface area contributed by atoms with Crippen LogP contribution in [-0.4, -0.2) is 14.3 Å². The Kier molecular flexibility index (Phi) is 4.49. The standard InChI is InChI=1S/C16H16N2O2S2/c1-11-3-4-12(2)14(7-11)9-22(19)10-15-17-16(20-18-15)13-5-6-21-8-13/h3-8H,9-10H2,1-2H3/t22-/m0/s1. The van der Waals surface area contributed by atoms with Gasteiger partial charge >= 0.3 is 0 Å². The van der Waals surface area contributed by atoms with E-state index in [1.165, 1.54) is 5.56 Å². The van der Waals surface area contributed by atoms with E-state index in [9.17, 15) is 4.21 Å². The van der Waals surface area contributed by atoms with Gasteiger partial charge in [0.15, 0.2) is 5.82 Å². The SMILES string of the molecule is Cc1ccc(C)c(C[S@](=O)Cc2noc(-c3ccsc3)n2)c1. The number of nitrogens with zero attached hydrogens (tertiary/aromatic N) is 2. The van der Waals surface area contributed by atoms with E-state index in [2.05, 4.69) is 28.3 Å². The highest BCUT2D eigenvalue weighted by atomic mass is 32.2. The van der Waals surface area contributed by atoms with Crippen LogP contribution in [0.25, 0.3) is 11.5 Å². The second kappa shape index (κ2) is 6.54. The molecule has 0 aliphatic carbocycles. The van der Waals surface area contributed by atoms with Crippen molar-refractivity contribution in [2.24, 2.45) is 0 Å². The molecule has 0 fully saturated rings. The third-order valence-electron chi connectivity index (χ3n) is 3.35. The van der Waals surface area contributed by atoms with Crippen LogP contribution in [0.4, 0.5) is 0 Å². The van der Waals surface area contributed by atoms with Crippen LogP contribution in [0.3, 0.4) is 0 Å². The molecule has 0 bridgehead atoms. The molecule has 2 aromatic heterocycles. The Bertz CT molecular complexity index is 794. The molecule has 3 aromatic rings. The molecule has 0 N–H and O–H groups in total. The molecule has 22 heavy (non-hydrogen) atoms. The number of thiophene rings is 1. The van der Waals surface area contributed by atoms with Crippen molar-refractivity contribution >= 4 is 22.1 Å². The van der Waals surface area contributed by atoms with Gasteiger partial charge in [0.05, 0.1) is 11.3 Å². The van der Waals surface area contributed by atoms with E-state index in [1.807, 2.05) is 30.7 Å². The van der Waals surface area contributed by atoms with Gasteiger partial charge in [0.1, 0.15) is 0 Å². The first kappa shape index (κ1) is 15.1. The molecule has 0 unspecified atom stereocenters. The molecule has 0 saturated carbocycles. The predicted octanol–water partition coefficient (Wildman–Crippen LogP) is 3.86. The Morgan fingerprint density at radius 3 is 2.86 bits per heavy atom. The summed E-state index contributed by atoms with van der Waals surface area (Å²) in [6.07, 6.45) is 0. The largest absolute Gasteiger partial charge is 0.334 e. The summed E-state index contributed by atoms with van der Waals surface area (Å²) < 4.78 is 17.5. The van der Waals surface area contributed by atoms with Crippen molar-refractivity contribution in [1.29, 1.82) is 0 Å². The highest BCUT2D eigenvalue weighted by Crippen LogP contribution is 2.20. The quantitative estimate of drug-likeness (QED) is 0.712. The Morgan fingerprint density at radius 1 is 1.23 bits per heavy atom. The fraction of sp³-hybridized carbons (Fsp3) is 0.250. The second-order valence-electron chi connectivity index (χ2n) is 5.19. The molecule has 0 spiro atoms. The highest BCUT2D eigenvalue weighted by molar-refractivity contribution is 7.83. The van der Waals surface area contributed by atoms with Crippen LogP contribution in [0.15, 0.2) is 39.5 Å². The molecular formula is C16H16N2O2S2. The van der Waals surface area contributed by atoms with Gasteiger partial charge in [0.25, 0.3) is 5.89 Å². The van der Waals surface area contributed by atoms with Crippen molar-refractivity contribution < 1.29 is 8.73 Å². The van der Waals surface area contributed by atoms with Gasteiger partial charge in [-0.2, -0.15) is 16.3 Å². The number of aryl methyl sites for hydroxylation is 2. The van der Waals surface area contributed by atoms with Crippen molar-refractivity contribution in [3.8, 4) is 11.5 Å². The average molecular weight is 332 g/mol. The third kappa shape index (κ3) is 3.51. The minimum absolute atomic E-state index is 0.307. The van der Waals surface area contributed by atoms with Gasteiger partial charge in [-0.3, -0.25) is 4.21 Å². The van der Waals surface area contributed by atoms with E-state index >= 15 is 0 Å². The third-order valence-corrected chi connectivity index (χ3v) is 5.24.